The molecule has 5 heteroatoms. The van der Waals surface area contributed by atoms with Crippen LogP contribution in [0.2, 0.25) is 0 Å². The number of nitrogens with two attached hydrogens (primary N) is 1. The highest BCUT2D eigenvalue weighted by Crippen LogP contribution is 2.38. The maximum atomic E-state index is 12.0. The molecule has 1 amide bonds. The van der Waals surface area contributed by atoms with Gasteiger partial charge in [-0.25, -0.2) is 8.78 Å². The minimum Gasteiger partial charge on any atom is -0.350 e. The fraction of sp³-hybridized carbons (Fsp3) is 0.909. The molecule has 0 bridgehead atoms. The summed E-state index contributed by atoms with van der Waals surface area (Å²) in [7, 11) is 0. The van der Waals surface area contributed by atoms with E-state index in [2.05, 4.69) is 12.2 Å². The summed E-state index contributed by atoms with van der Waals surface area (Å²) in [5.41, 5.74) is 5.03. The normalized spacial score (nSPS) is 30.4. The van der Waals surface area contributed by atoms with Gasteiger partial charge in [0, 0.05) is 6.54 Å². The van der Waals surface area contributed by atoms with Crippen LogP contribution in [0.1, 0.15) is 32.6 Å². The van der Waals surface area contributed by atoms with E-state index in [1.807, 2.05) is 0 Å². The van der Waals surface area contributed by atoms with Crippen LogP contribution >= 0.6 is 0 Å². The lowest BCUT2D eigenvalue weighted by molar-refractivity contribution is -0.133. The molecular formula is C11H20F2N2O. The smallest absolute Gasteiger partial charge is 0.255 e. The topological polar surface area (TPSA) is 55.1 Å². The average Bonchev–Trinajstić information content (AvgIpc) is 2.27. The molecule has 1 saturated carbocycles. The van der Waals surface area contributed by atoms with Crippen molar-refractivity contribution in [1.29, 1.82) is 0 Å². The molecule has 3 nitrogen and oxygen atoms in total. The van der Waals surface area contributed by atoms with E-state index in [4.69, 9.17) is 5.73 Å². The van der Waals surface area contributed by atoms with Gasteiger partial charge in [0.05, 0.1) is 12.0 Å². The molecule has 0 atom stereocenters. The van der Waals surface area contributed by atoms with E-state index >= 15 is 0 Å². The van der Waals surface area contributed by atoms with Crippen LogP contribution in [0, 0.1) is 11.3 Å². The highest BCUT2D eigenvalue weighted by Gasteiger charge is 2.39. The van der Waals surface area contributed by atoms with Gasteiger partial charge in [0.25, 0.3) is 6.43 Å². The summed E-state index contributed by atoms with van der Waals surface area (Å²) in [5.74, 6) is 0.296. The second-order valence-electron chi connectivity index (χ2n) is 4.77. The number of carbonyl (C=O) groups excluding carboxylic acids is 1. The first-order valence-corrected chi connectivity index (χ1v) is 5.77. The van der Waals surface area contributed by atoms with Gasteiger partial charge in [-0.3, -0.25) is 4.79 Å². The Labute approximate surface area is 94.8 Å². The number of halogens is 2. The zero-order valence-corrected chi connectivity index (χ0v) is 9.64. The van der Waals surface area contributed by atoms with E-state index in [0.29, 0.717) is 18.8 Å². The third kappa shape index (κ3) is 3.14. The van der Waals surface area contributed by atoms with Gasteiger partial charge >= 0.3 is 0 Å². The van der Waals surface area contributed by atoms with Crippen molar-refractivity contribution < 1.29 is 13.6 Å². The quantitative estimate of drug-likeness (QED) is 0.775. The van der Waals surface area contributed by atoms with Crippen molar-refractivity contribution in [2.24, 2.45) is 17.1 Å². The first-order chi connectivity index (χ1) is 7.50. The largest absolute Gasteiger partial charge is 0.350 e. The monoisotopic (exact) mass is 234 g/mol. The van der Waals surface area contributed by atoms with Crippen LogP contribution in [0.4, 0.5) is 8.78 Å². The molecule has 1 fully saturated rings. The lowest BCUT2D eigenvalue weighted by Gasteiger charge is -2.37. The lowest BCUT2D eigenvalue weighted by Crippen LogP contribution is -2.48. The van der Waals surface area contributed by atoms with Gasteiger partial charge in [-0.15, -0.1) is 0 Å². The average molecular weight is 234 g/mol. The first-order valence-electron chi connectivity index (χ1n) is 5.77. The van der Waals surface area contributed by atoms with E-state index in [-0.39, 0.29) is 12.5 Å². The Hall–Kier alpha value is -0.710. The molecule has 0 unspecified atom stereocenters. The van der Waals surface area contributed by atoms with Crippen LogP contribution in [0.5, 0.6) is 0 Å². The van der Waals surface area contributed by atoms with E-state index in [1.165, 1.54) is 0 Å². The molecular weight excluding hydrogens is 214 g/mol. The van der Waals surface area contributed by atoms with Crippen molar-refractivity contribution >= 4 is 5.91 Å². The summed E-state index contributed by atoms with van der Waals surface area (Å²) in [6.07, 6.45) is 0.805. The predicted molar refractivity (Wildman–Crippen MR) is 58.1 cm³/mol. The van der Waals surface area contributed by atoms with E-state index in [9.17, 15) is 13.6 Å². The van der Waals surface area contributed by atoms with Gasteiger partial charge in [0.15, 0.2) is 0 Å². The van der Waals surface area contributed by atoms with Crippen LogP contribution in [0.3, 0.4) is 0 Å². The Morgan fingerprint density at radius 1 is 1.50 bits per heavy atom. The maximum absolute atomic E-state index is 12.0. The summed E-state index contributed by atoms with van der Waals surface area (Å²) in [5, 5.41) is 2.29. The van der Waals surface area contributed by atoms with Crippen LogP contribution in [-0.4, -0.2) is 25.4 Å². The van der Waals surface area contributed by atoms with Crippen molar-refractivity contribution in [2.75, 3.05) is 13.1 Å². The van der Waals surface area contributed by atoms with Crippen LogP contribution in [0.15, 0.2) is 0 Å². The van der Waals surface area contributed by atoms with E-state index in [0.717, 1.165) is 12.8 Å². The molecule has 0 heterocycles. The molecule has 0 spiro atoms. The molecule has 0 aromatic heterocycles. The molecule has 0 aromatic carbocycles. The number of amides is 1. The van der Waals surface area contributed by atoms with Gasteiger partial charge in [-0.2, -0.15) is 0 Å². The summed E-state index contributed by atoms with van der Waals surface area (Å²) in [4.78, 5) is 11.8. The van der Waals surface area contributed by atoms with Crippen molar-refractivity contribution in [3.05, 3.63) is 0 Å². The number of rotatable bonds is 4. The highest BCUT2D eigenvalue weighted by molar-refractivity contribution is 5.83. The molecule has 0 aromatic rings. The maximum Gasteiger partial charge on any atom is 0.255 e. The molecule has 0 saturated heterocycles. The SMILES string of the molecule is CC1CCC(CN)(C(=O)NCC(F)F)CC1. The molecule has 1 aliphatic rings. The third-order valence-corrected chi connectivity index (χ3v) is 3.52. The highest BCUT2D eigenvalue weighted by atomic mass is 19.3. The lowest BCUT2D eigenvalue weighted by atomic mass is 9.70. The van der Waals surface area contributed by atoms with Crippen LogP contribution in [-0.2, 0) is 4.79 Å². The second-order valence-corrected chi connectivity index (χ2v) is 4.77. The van der Waals surface area contributed by atoms with Crippen molar-refractivity contribution in [3.63, 3.8) is 0 Å². The molecule has 16 heavy (non-hydrogen) atoms. The molecule has 0 aliphatic heterocycles. The van der Waals surface area contributed by atoms with E-state index < -0.39 is 18.4 Å². The van der Waals surface area contributed by atoms with Crippen LogP contribution in [0.25, 0.3) is 0 Å². The minimum atomic E-state index is -2.50. The second kappa shape index (κ2) is 5.57. The van der Waals surface area contributed by atoms with Gasteiger partial charge in [-0.05, 0) is 31.6 Å². The Kier molecular flexibility index (Phi) is 4.65. The number of alkyl halides is 2. The number of carbonyl (C=O) groups is 1. The third-order valence-electron chi connectivity index (χ3n) is 3.52. The molecule has 0 radical (unpaired) electrons. The Balaban J connectivity index is 2.55. The van der Waals surface area contributed by atoms with Gasteiger partial charge < -0.3 is 11.1 Å². The summed E-state index contributed by atoms with van der Waals surface area (Å²) in [6.45, 7) is 1.81. The summed E-state index contributed by atoms with van der Waals surface area (Å²) in [6, 6.07) is 0. The number of nitrogens with one attached hydrogen (secondary N) is 1. The van der Waals surface area contributed by atoms with Gasteiger partial charge in [-0.1, -0.05) is 6.92 Å². The first kappa shape index (κ1) is 13.4. The van der Waals surface area contributed by atoms with Crippen molar-refractivity contribution in [2.45, 2.75) is 39.0 Å². The molecule has 1 rings (SSSR count). The van der Waals surface area contributed by atoms with E-state index in [1.54, 1.807) is 0 Å². The molecule has 1 aliphatic carbocycles. The minimum absolute atomic E-state index is 0.245. The number of hydrogen-bond acceptors (Lipinski definition) is 2. The fourth-order valence-corrected chi connectivity index (χ4v) is 2.20. The number of hydrogen-bond donors (Lipinski definition) is 2. The molecule has 94 valence electrons. The van der Waals surface area contributed by atoms with Crippen molar-refractivity contribution in [1.82, 2.24) is 5.32 Å². The molecule has 3 N–H and O–H groups in total. The Morgan fingerprint density at radius 2 is 2.06 bits per heavy atom. The van der Waals surface area contributed by atoms with Crippen LogP contribution < -0.4 is 11.1 Å². The summed E-state index contributed by atoms with van der Waals surface area (Å²) >= 11 is 0. The zero-order chi connectivity index (χ0) is 12.2. The standard InChI is InChI=1S/C11H20F2N2O/c1-8-2-4-11(7-14,5-3-8)10(16)15-6-9(12)13/h8-9H,2-7,14H2,1H3,(H,15,16). The van der Waals surface area contributed by atoms with Crippen molar-refractivity contribution in [3.8, 4) is 0 Å². The Morgan fingerprint density at radius 3 is 2.50 bits per heavy atom. The van der Waals surface area contributed by atoms with Gasteiger partial charge in [0.2, 0.25) is 5.91 Å². The zero-order valence-electron chi connectivity index (χ0n) is 9.64. The predicted octanol–water partition coefficient (Wildman–Crippen LogP) is 1.52. The van der Waals surface area contributed by atoms with Gasteiger partial charge in [0.1, 0.15) is 0 Å². The summed E-state index contributed by atoms with van der Waals surface area (Å²) < 4.78 is 24.0. The fourth-order valence-electron chi connectivity index (χ4n) is 2.20. The Bertz CT molecular complexity index is 238.